The Morgan fingerprint density at radius 3 is 2.29 bits per heavy atom. The molecule has 2 atom stereocenters. The quantitative estimate of drug-likeness (QED) is 0.893. The number of aryl methyl sites for hydroxylation is 3. The van der Waals surface area contributed by atoms with Gasteiger partial charge in [-0.15, -0.1) is 12.4 Å². The van der Waals surface area contributed by atoms with E-state index in [9.17, 15) is 8.42 Å². The highest BCUT2D eigenvalue weighted by atomic mass is 35.5. The number of piperidine rings is 1. The van der Waals surface area contributed by atoms with Gasteiger partial charge in [-0.25, -0.2) is 13.1 Å². The summed E-state index contributed by atoms with van der Waals surface area (Å²) < 4.78 is 28.2. The van der Waals surface area contributed by atoms with Crippen LogP contribution in [0.25, 0.3) is 0 Å². The first-order valence-electron chi connectivity index (χ1n) is 7.12. The van der Waals surface area contributed by atoms with E-state index in [4.69, 9.17) is 0 Å². The van der Waals surface area contributed by atoms with Gasteiger partial charge in [0.25, 0.3) is 0 Å². The molecule has 1 aliphatic heterocycles. The third-order valence-electron chi connectivity index (χ3n) is 3.97. The zero-order valence-corrected chi connectivity index (χ0v) is 14.7. The molecule has 2 N–H and O–H groups in total. The second-order valence-electron chi connectivity index (χ2n) is 5.93. The summed E-state index contributed by atoms with van der Waals surface area (Å²) in [6, 6.07) is 3.86. The van der Waals surface area contributed by atoms with Crippen molar-refractivity contribution >= 4 is 22.4 Å². The number of halogens is 1. The molecule has 21 heavy (non-hydrogen) atoms. The van der Waals surface area contributed by atoms with E-state index in [-0.39, 0.29) is 18.4 Å². The Hall–Kier alpha value is -0.620. The van der Waals surface area contributed by atoms with Crippen LogP contribution in [0.4, 0.5) is 0 Å². The maximum absolute atomic E-state index is 12.7. The molecule has 0 amide bonds. The number of benzene rings is 1. The molecule has 2 unspecified atom stereocenters. The average molecular weight is 333 g/mol. The van der Waals surface area contributed by atoms with E-state index in [1.54, 1.807) is 0 Å². The molecule has 0 aromatic heterocycles. The third kappa shape index (κ3) is 4.19. The minimum absolute atomic E-state index is 0. The molecule has 1 saturated heterocycles. The zero-order valence-electron chi connectivity index (χ0n) is 13.1. The Bertz CT molecular complexity index is 579. The predicted molar refractivity (Wildman–Crippen MR) is 88.7 cm³/mol. The van der Waals surface area contributed by atoms with E-state index in [1.807, 2.05) is 32.9 Å². The smallest absolute Gasteiger partial charge is 0.241 e. The Kier molecular flexibility index (Phi) is 6.23. The van der Waals surface area contributed by atoms with Crippen molar-refractivity contribution in [2.75, 3.05) is 13.1 Å². The molecule has 1 aromatic rings. The fraction of sp³-hybridized carbons (Fsp3) is 0.600. The molecule has 0 spiro atoms. The van der Waals surface area contributed by atoms with Crippen LogP contribution in [-0.2, 0) is 10.0 Å². The minimum atomic E-state index is -3.45. The van der Waals surface area contributed by atoms with Gasteiger partial charge in [0.15, 0.2) is 0 Å². The van der Waals surface area contributed by atoms with E-state index in [1.165, 1.54) is 0 Å². The van der Waals surface area contributed by atoms with E-state index in [0.717, 1.165) is 36.2 Å². The fourth-order valence-electron chi connectivity index (χ4n) is 3.04. The lowest BCUT2D eigenvalue weighted by molar-refractivity contribution is 0.328. The molecule has 120 valence electrons. The first kappa shape index (κ1) is 18.4. The van der Waals surface area contributed by atoms with Gasteiger partial charge >= 0.3 is 0 Å². The van der Waals surface area contributed by atoms with E-state index in [0.29, 0.717) is 10.8 Å². The summed E-state index contributed by atoms with van der Waals surface area (Å²) >= 11 is 0. The molecule has 0 saturated carbocycles. The molecular formula is C15H25ClN2O2S. The lowest BCUT2D eigenvalue weighted by Crippen LogP contribution is -2.48. The molecule has 1 aliphatic rings. The molecule has 1 aromatic carbocycles. The van der Waals surface area contributed by atoms with Crippen molar-refractivity contribution in [3.63, 3.8) is 0 Å². The molecule has 0 bridgehead atoms. The molecule has 6 heteroatoms. The molecule has 0 aliphatic carbocycles. The zero-order chi connectivity index (χ0) is 14.9. The summed E-state index contributed by atoms with van der Waals surface area (Å²) in [5.41, 5.74) is 2.72. The molecule has 1 fully saturated rings. The first-order chi connectivity index (χ1) is 9.31. The Balaban J connectivity index is 0.00000220. The van der Waals surface area contributed by atoms with E-state index >= 15 is 0 Å². The van der Waals surface area contributed by atoms with Crippen molar-refractivity contribution in [1.29, 1.82) is 0 Å². The number of nitrogens with one attached hydrogen (secondary N) is 2. The standard InChI is InChI=1S/C15H24N2O2S.ClH/c1-10-7-11(2)15(12(3)8-10)20(18,19)17-14-5-6-16-9-13(14)4;/h7-8,13-14,16-17H,5-6,9H2,1-4H3;1H. The fourth-order valence-corrected chi connectivity index (χ4v) is 4.87. The minimum Gasteiger partial charge on any atom is -0.316 e. The highest BCUT2D eigenvalue weighted by Gasteiger charge is 2.28. The van der Waals surface area contributed by atoms with Gasteiger partial charge in [-0.2, -0.15) is 0 Å². The first-order valence-corrected chi connectivity index (χ1v) is 8.60. The van der Waals surface area contributed by atoms with Crippen LogP contribution < -0.4 is 10.0 Å². The number of hydrogen-bond donors (Lipinski definition) is 2. The van der Waals surface area contributed by atoms with Crippen LogP contribution in [0.15, 0.2) is 17.0 Å². The van der Waals surface area contributed by atoms with Crippen LogP contribution in [0.2, 0.25) is 0 Å². The van der Waals surface area contributed by atoms with Gasteiger partial charge in [0.1, 0.15) is 0 Å². The van der Waals surface area contributed by atoms with Gasteiger partial charge in [-0.1, -0.05) is 24.6 Å². The molecule has 0 radical (unpaired) electrons. The SMILES string of the molecule is Cc1cc(C)c(S(=O)(=O)NC2CCNCC2C)c(C)c1.Cl. The topological polar surface area (TPSA) is 58.2 Å². The lowest BCUT2D eigenvalue weighted by Gasteiger charge is -2.30. The van der Waals surface area contributed by atoms with Crippen molar-refractivity contribution in [3.8, 4) is 0 Å². The van der Waals surface area contributed by atoms with Crippen molar-refractivity contribution in [2.24, 2.45) is 5.92 Å². The van der Waals surface area contributed by atoms with Crippen molar-refractivity contribution in [1.82, 2.24) is 10.0 Å². The number of hydrogen-bond acceptors (Lipinski definition) is 3. The van der Waals surface area contributed by atoms with Gasteiger partial charge in [0, 0.05) is 6.04 Å². The third-order valence-corrected chi connectivity index (χ3v) is 5.76. The summed E-state index contributed by atoms with van der Waals surface area (Å²) in [6.07, 6.45) is 0.838. The number of rotatable bonds is 3. The Morgan fingerprint density at radius 2 is 1.76 bits per heavy atom. The summed E-state index contributed by atoms with van der Waals surface area (Å²) in [5.74, 6) is 0.310. The van der Waals surface area contributed by atoms with Crippen LogP contribution in [-0.4, -0.2) is 27.5 Å². The molecule has 2 rings (SSSR count). The monoisotopic (exact) mass is 332 g/mol. The average Bonchev–Trinajstić information content (AvgIpc) is 2.30. The van der Waals surface area contributed by atoms with Crippen LogP contribution in [0.5, 0.6) is 0 Å². The van der Waals surface area contributed by atoms with E-state index in [2.05, 4.69) is 17.0 Å². The maximum Gasteiger partial charge on any atom is 0.241 e. The number of sulfonamides is 1. The van der Waals surface area contributed by atoms with Crippen molar-refractivity contribution in [3.05, 3.63) is 28.8 Å². The second kappa shape index (κ2) is 7.09. The maximum atomic E-state index is 12.7. The van der Waals surface area contributed by atoms with Crippen LogP contribution >= 0.6 is 12.4 Å². The van der Waals surface area contributed by atoms with Crippen LogP contribution in [0.3, 0.4) is 0 Å². The normalized spacial score (nSPS) is 22.7. The summed E-state index contributed by atoms with van der Waals surface area (Å²) in [5, 5.41) is 3.29. The van der Waals surface area contributed by atoms with Crippen molar-refractivity contribution in [2.45, 2.75) is 45.1 Å². The van der Waals surface area contributed by atoms with Crippen LogP contribution in [0.1, 0.15) is 30.0 Å². The van der Waals surface area contributed by atoms with Gasteiger partial charge in [0.2, 0.25) is 10.0 Å². The Morgan fingerprint density at radius 1 is 1.19 bits per heavy atom. The molecule has 4 nitrogen and oxygen atoms in total. The van der Waals surface area contributed by atoms with Gasteiger partial charge in [-0.05, 0) is 57.3 Å². The largest absolute Gasteiger partial charge is 0.316 e. The van der Waals surface area contributed by atoms with Gasteiger partial charge in [-0.3, -0.25) is 0 Å². The second-order valence-corrected chi connectivity index (χ2v) is 7.58. The Labute approximate surface area is 134 Å². The predicted octanol–water partition coefficient (Wildman–Crippen LogP) is 2.31. The van der Waals surface area contributed by atoms with Gasteiger partial charge < -0.3 is 5.32 Å². The van der Waals surface area contributed by atoms with Crippen molar-refractivity contribution < 1.29 is 8.42 Å². The molecule has 1 heterocycles. The lowest BCUT2D eigenvalue weighted by atomic mass is 9.97. The van der Waals surface area contributed by atoms with Crippen LogP contribution in [0, 0.1) is 26.7 Å². The highest BCUT2D eigenvalue weighted by Crippen LogP contribution is 2.23. The summed E-state index contributed by atoms with van der Waals surface area (Å²) in [4.78, 5) is 0.439. The summed E-state index contributed by atoms with van der Waals surface area (Å²) in [7, 11) is -3.45. The van der Waals surface area contributed by atoms with Gasteiger partial charge in [0.05, 0.1) is 4.90 Å². The highest BCUT2D eigenvalue weighted by molar-refractivity contribution is 7.89. The summed E-state index contributed by atoms with van der Waals surface area (Å²) in [6.45, 7) is 9.51. The van der Waals surface area contributed by atoms with E-state index < -0.39 is 10.0 Å². The molecular weight excluding hydrogens is 308 g/mol.